The number of aromatic nitrogens is 9. The van der Waals surface area contributed by atoms with Crippen molar-refractivity contribution >= 4 is 87.5 Å². The zero-order valence-electron chi connectivity index (χ0n) is 74.0. The van der Waals surface area contributed by atoms with E-state index in [-0.39, 0.29) is 99.8 Å². The molecule has 22 rings (SSSR count). The Balaban J connectivity index is 0.000000170. The first-order valence-electron chi connectivity index (χ1n) is 43.4. The fraction of sp³-hybridized carbons (Fsp3) is 0.0192. The van der Waals surface area contributed by atoms with E-state index >= 15 is 0 Å². The summed E-state index contributed by atoms with van der Waals surface area (Å²) in [5.74, 6) is 2.54. The predicted octanol–water partition coefficient (Wildman–Crippen LogP) is 23.8. The van der Waals surface area contributed by atoms with Crippen LogP contribution in [-0.2, 0) is 49.1 Å². The van der Waals surface area contributed by atoms with Crippen LogP contribution in [0.4, 0.5) is 0 Å². The molecule has 0 spiro atoms. The third-order valence-electron chi connectivity index (χ3n) is 20.8. The molecule has 0 aliphatic carbocycles. The van der Waals surface area contributed by atoms with E-state index < -0.39 is 37.2 Å². The van der Waals surface area contributed by atoms with Crippen LogP contribution in [-0.4, -0.2) is 32.8 Å². The zero-order valence-corrected chi connectivity index (χ0v) is 66.5. The number of aryl methyl sites for hydroxylation is 1. The van der Waals surface area contributed by atoms with Crippen molar-refractivity contribution in [3.8, 4) is 102 Å². The van der Waals surface area contributed by atoms with Crippen molar-refractivity contribution in [1.82, 2.24) is 32.8 Å². The van der Waals surface area contributed by atoms with E-state index in [1.165, 1.54) is 4.57 Å². The first kappa shape index (κ1) is 60.5. The Hall–Kier alpha value is -14.1. The van der Waals surface area contributed by atoms with Crippen LogP contribution in [0, 0.1) is 43.8 Å². The molecule has 0 atom stereocenters. The fourth-order valence-electron chi connectivity index (χ4n) is 15.9. The molecule has 0 saturated heterocycles. The number of nitrogens with zero attached hydrogens (tertiary/aromatic N) is 9. The number of benzene rings is 15. The maximum atomic E-state index is 9.10. The van der Waals surface area contributed by atoms with E-state index in [2.05, 4.69) is 182 Å². The van der Waals surface area contributed by atoms with E-state index in [1.54, 1.807) is 63.4 Å². The minimum atomic E-state index is -2.63. The second kappa shape index (κ2) is 31.0. The Morgan fingerprint density at radius 3 is 1.62 bits per heavy atom. The van der Waals surface area contributed by atoms with Crippen molar-refractivity contribution < 1.29 is 77.2 Å². The van der Waals surface area contributed by atoms with Gasteiger partial charge in [-0.1, -0.05) is 253 Å². The van der Waals surface area contributed by atoms with Gasteiger partial charge in [0.1, 0.15) is 5.82 Å². The van der Waals surface area contributed by atoms with Crippen molar-refractivity contribution in [2.45, 2.75) is 6.92 Å². The number of hydrogen-bond donors (Lipinski definition) is 0. The molecule has 7 heterocycles. The number of rotatable bonds is 14. The predicted molar refractivity (Wildman–Crippen MR) is 460 cm³/mol. The summed E-state index contributed by atoms with van der Waals surface area (Å²) in [6.07, 6.45) is 10.2. The molecule has 13 heteroatoms. The number of imidazole rings is 2. The third-order valence-corrected chi connectivity index (χ3v) is 20.8. The Bertz CT molecular complexity index is 8040. The molecule has 0 radical (unpaired) electrons. The molecule has 0 bridgehead atoms. The van der Waals surface area contributed by atoms with Crippen LogP contribution in [0.2, 0.25) is 0 Å². The number of para-hydroxylation sites is 9. The summed E-state index contributed by atoms with van der Waals surface area (Å²) < 4.78 is 131. The first-order valence-corrected chi connectivity index (χ1v) is 37.4. The number of hydrogen-bond acceptors (Lipinski definition) is 4. The minimum Gasteiger partial charge on any atom is -0.510 e. The van der Waals surface area contributed by atoms with Crippen LogP contribution < -0.4 is 18.6 Å². The molecular formula is C104H67N9O2Pt2-4. The number of pyridine rings is 2. The minimum absolute atomic E-state index is 0. The van der Waals surface area contributed by atoms with Gasteiger partial charge in [-0.2, -0.15) is 30.3 Å². The average Bonchev–Trinajstić information content (AvgIpc) is 1.50. The number of ether oxygens (including phenoxy) is 2. The molecule has 0 unspecified atom stereocenters. The molecule has 15 aromatic carbocycles. The summed E-state index contributed by atoms with van der Waals surface area (Å²) in [4.78, 5) is 9.09. The van der Waals surface area contributed by atoms with E-state index in [1.807, 2.05) is 152 Å². The molecular weight excluding hydrogens is 1800 g/mol. The van der Waals surface area contributed by atoms with Gasteiger partial charge in [0.15, 0.2) is 0 Å². The Morgan fingerprint density at radius 2 is 0.932 bits per heavy atom. The molecule has 117 heavy (non-hydrogen) atoms. The summed E-state index contributed by atoms with van der Waals surface area (Å²) >= 11 is 0. The van der Waals surface area contributed by atoms with Gasteiger partial charge in [0, 0.05) is 116 Å². The summed E-state index contributed by atoms with van der Waals surface area (Å²) in [6, 6.07) is 109. The van der Waals surface area contributed by atoms with Crippen molar-refractivity contribution in [2.75, 3.05) is 0 Å². The molecule has 0 amide bonds. The molecule has 0 fully saturated rings. The zero-order chi connectivity index (χ0) is 86.8. The van der Waals surface area contributed by atoms with Crippen molar-refractivity contribution in [3.05, 3.63) is 413 Å². The molecule has 11 nitrogen and oxygen atoms in total. The van der Waals surface area contributed by atoms with Gasteiger partial charge in [0.05, 0.1) is 78.9 Å². The smallest absolute Gasteiger partial charge is 0.268 e. The van der Waals surface area contributed by atoms with Gasteiger partial charge in [-0.05, 0) is 112 Å². The second-order valence-electron chi connectivity index (χ2n) is 27.6. The van der Waals surface area contributed by atoms with Crippen LogP contribution in [0.5, 0.6) is 23.0 Å². The quantitative estimate of drug-likeness (QED) is 0.0803. The van der Waals surface area contributed by atoms with E-state index in [9.17, 15) is 0 Å². The summed E-state index contributed by atoms with van der Waals surface area (Å²) in [6.45, 7) is -1.08. The monoisotopic (exact) mass is 1880 g/mol. The van der Waals surface area contributed by atoms with Crippen LogP contribution in [0.15, 0.2) is 370 Å². The largest absolute Gasteiger partial charge is 0.510 e. The van der Waals surface area contributed by atoms with Crippen LogP contribution in [0.1, 0.15) is 22.0 Å². The standard InChI is InChI=1S/C61H38N6O.C43H29N3O.2Pt/c1-63-39-64(41-19-15-20-42(37-41)68-43-32-33-48-46-23-7-12-29-54(46)67(57(48)38-43)58-31-13-14-36-62-58)56-30-16-25-50(60(56)63)59-55(66-52-27-10-5-21-44(52)45-22-6-11-28-53(45)66)35-34-49-47-24-8-9-26-51(47)65(61(49)59)40-17-3-2-4-18-40;1-31-13-9-16-33(27-31)39-22-12-21-38(32-14-3-2-4-15-32)43(39)46-30-45(41-24-5-6-25-42(41)46)35-18-11-20-37(29-35)47-36-19-10-17-34(28-36)40-23-7-8-26-44-40;;/h2-36H,1H3;2-27H,1H3;;/q2*-2;;/i1D3;2D,3D,4D,9D,13D,14D,15D,16D,27D;;. The van der Waals surface area contributed by atoms with E-state index in [0.717, 1.165) is 105 Å². The van der Waals surface area contributed by atoms with E-state index in [0.29, 0.717) is 56.4 Å². The van der Waals surface area contributed by atoms with Gasteiger partial charge in [-0.15, -0.1) is 65.5 Å². The molecule has 0 saturated carbocycles. The number of fused-ring (bicyclic) bond motifs is 11. The van der Waals surface area contributed by atoms with Crippen molar-refractivity contribution in [1.29, 1.82) is 0 Å². The van der Waals surface area contributed by atoms with Gasteiger partial charge < -0.3 is 41.9 Å². The first-order chi connectivity index (χ1) is 61.8. The Kier molecular flexibility index (Phi) is 16.0. The fourth-order valence-corrected chi connectivity index (χ4v) is 15.9. The Labute approximate surface area is 721 Å². The van der Waals surface area contributed by atoms with Gasteiger partial charge >= 0.3 is 0 Å². The van der Waals surface area contributed by atoms with Crippen LogP contribution in [0.25, 0.3) is 166 Å². The SMILES string of the molecule is [2H]C([2H])([2H])[n+]1[c-]n(-c2[c-]c(Oc3[c-]c4c(cc3)c3ccccc3n4-c3ccccn3)ccc2)c2cccc(-c3c(-n4c5ccccc5c5ccccc54)ccc4c5ccccc5n(-c5ccccc5)c34)c21.[2H]c1c([2H])c([2H])c(-c2cccc(-c3c([2H])c([2H])c([2H])c(C)c3[2H])c2-[n+]2[c-]n(-c3[c-]c(Oc4[c-]c(-c5ccccn5)ccc4)ccc3)c3ccccc32)c([2H])c1[2H].[Pt].[Pt]. The maximum absolute atomic E-state index is 9.10. The third kappa shape index (κ3) is 13.1. The topological polar surface area (TPSA) is 76.7 Å². The Morgan fingerprint density at radius 1 is 0.393 bits per heavy atom. The summed E-state index contributed by atoms with van der Waals surface area (Å²) in [5.41, 5.74) is 15.3. The van der Waals surface area contributed by atoms with Gasteiger partial charge in [0.25, 0.3) is 6.33 Å². The molecule has 0 aliphatic heterocycles. The average molecular weight is 1880 g/mol. The van der Waals surface area contributed by atoms with Crippen LogP contribution in [0.3, 0.4) is 0 Å². The molecule has 22 aromatic rings. The molecule has 0 aliphatic rings. The maximum Gasteiger partial charge on any atom is 0.268 e. The normalized spacial score (nSPS) is 12.9. The molecule has 564 valence electrons. The van der Waals surface area contributed by atoms with Crippen LogP contribution >= 0.6 is 0 Å². The summed E-state index contributed by atoms with van der Waals surface area (Å²) in [7, 11) is 0. The van der Waals surface area contributed by atoms with Gasteiger partial charge in [0.2, 0.25) is 6.33 Å². The van der Waals surface area contributed by atoms with E-state index in [4.69, 9.17) is 25.9 Å². The summed E-state index contributed by atoms with van der Waals surface area (Å²) in [5, 5.41) is 6.48. The molecule has 0 N–H and O–H groups in total. The molecule has 7 aromatic heterocycles. The van der Waals surface area contributed by atoms with Gasteiger partial charge in [-0.25, -0.2) is 4.98 Å². The van der Waals surface area contributed by atoms with Crippen molar-refractivity contribution in [2.24, 2.45) is 6.98 Å². The van der Waals surface area contributed by atoms with Gasteiger partial charge in [-0.3, -0.25) is 4.57 Å². The second-order valence-corrected chi connectivity index (χ2v) is 27.6. The van der Waals surface area contributed by atoms with Crippen molar-refractivity contribution in [3.63, 3.8) is 0 Å².